The summed E-state index contributed by atoms with van der Waals surface area (Å²) in [5.41, 5.74) is 2.23. The molecule has 3 rings (SSSR count). The largest absolute Gasteiger partial charge is 0.436 e. The third kappa shape index (κ3) is 2.70. The third-order valence-electron chi connectivity index (χ3n) is 3.52. The highest BCUT2D eigenvalue weighted by Crippen LogP contribution is 2.31. The van der Waals surface area contributed by atoms with Crippen LogP contribution in [0.1, 0.15) is 35.5 Å². The van der Waals surface area contributed by atoms with Gasteiger partial charge in [0.2, 0.25) is 5.88 Å². The minimum Gasteiger partial charge on any atom is -0.436 e. The molecule has 0 radical (unpaired) electrons. The molecule has 1 aliphatic carbocycles. The lowest BCUT2D eigenvalue weighted by Crippen LogP contribution is -2.10. The summed E-state index contributed by atoms with van der Waals surface area (Å²) in [6, 6.07) is 6.04. The van der Waals surface area contributed by atoms with Gasteiger partial charge >= 0.3 is 0 Å². The molecule has 1 heterocycles. The van der Waals surface area contributed by atoms with E-state index < -0.39 is 5.82 Å². The van der Waals surface area contributed by atoms with Gasteiger partial charge in [-0.3, -0.25) is 0 Å². The summed E-state index contributed by atoms with van der Waals surface area (Å²) in [4.78, 5) is 8.74. The Morgan fingerprint density at radius 1 is 1.24 bits per heavy atom. The highest BCUT2D eigenvalue weighted by Gasteiger charge is 2.19. The molecule has 2 aromatic rings. The van der Waals surface area contributed by atoms with Crippen LogP contribution in [-0.4, -0.2) is 9.97 Å². The molecule has 0 amide bonds. The van der Waals surface area contributed by atoms with Crippen LogP contribution in [0, 0.1) is 24.1 Å². The molecule has 1 aliphatic rings. The predicted molar refractivity (Wildman–Crippen MR) is 74.6 cm³/mol. The van der Waals surface area contributed by atoms with E-state index in [0.29, 0.717) is 11.7 Å². The Balaban J connectivity index is 1.98. The first kappa shape index (κ1) is 13.5. The first-order valence-corrected chi connectivity index (χ1v) is 6.91. The fraction of sp³-hybridized carbons (Fsp3) is 0.312. The fourth-order valence-corrected chi connectivity index (χ4v) is 2.52. The van der Waals surface area contributed by atoms with E-state index in [0.717, 1.165) is 43.0 Å². The van der Waals surface area contributed by atoms with Crippen LogP contribution in [0.25, 0.3) is 0 Å². The maximum absolute atomic E-state index is 13.9. The number of aryl methyl sites for hydroxylation is 2. The van der Waals surface area contributed by atoms with Crippen LogP contribution < -0.4 is 4.74 Å². The van der Waals surface area contributed by atoms with E-state index in [2.05, 4.69) is 9.97 Å². The average molecular weight is 283 g/mol. The molecule has 1 aromatic heterocycles. The quantitative estimate of drug-likeness (QED) is 0.846. The molecule has 0 unspecified atom stereocenters. The number of aromatic nitrogens is 2. The number of benzene rings is 1. The standard InChI is InChI=1S/C16H14FN3O/c1-10-19-14-5-3-2-4-12(14)16(20-10)21-15-7-6-11(9-18)8-13(15)17/h6-8H,2-5H2,1H3. The Hall–Kier alpha value is -2.48. The zero-order valence-electron chi connectivity index (χ0n) is 11.7. The van der Waals surface area contributed by atoms with E-state index in [9.17, 15) is 4.39 Å². The lowest BCUT2D eigenvalue weighted by Gasteiger charge is -2.18. The van der Waals surface area contributed by atoms with Gasteiger partial charge in [-0.05, 0) is 50.8 Å². The van der Waals surface area contributed by atoms with E-state index in [1.807, 2.05) is 6.07 Å². The second-order valence-corrected chi connectivity index (χ2v) is 5.07. The number of hydrogen-bond donors (Lipinski definition) is 0. The molecule has 4 nitrogen and oxygen atoms in total. The molecule has 0 fully saturated rings. The van der Waals surface area contributed by atoms with Gasteiger partial charge in [0.15, 0.2) is 11.6 Å². The van der Waals surface area contributed by atoms with E-state index in [4.69, 9.17) is 10.00 Å². The number of halogens is 1. The molecule has 106 valence electrons. The van der Waals surface area contributed by atoms with E-state index in [-0.39, 0.29) is 11.3 Å². The number of ether oxygens (including phenoxy) is 1. The van der Waals surface area contributed by atoms with Gasteiger partial charge in [-0.1, -0.05) is 0 Å². The lowest BCUT2D eigenvalue weighted by atomic mass is 9.97. The maximum Gasteiger partial charge on any atom is 0.226 e. The maximum atomic E-state index is 13.9. The van der Waals surface area contributed by atoms with Crippen LogP contribution >= 0.6 is 0 Å². The molecule has 0 aliphatic heterocycles. The molecule has 0 saturated carbocycles. The smallest absolute Gasteiger partial charge is 0.226 e. The van der Waals surface area contributed by atoms with Gasteiger partial charge < -0.3 is 4.74 Å². The summed E-state index contributed by atoms with van der Waals surface area (Å²) in [5.74, 6) is 0.579. The average Bonchev–Trinajstić information content (AvgIpc) is 2.49. The van der Waals surface area contributed by atoms with Crippen LogP contribution in [0.2, 0.25) is 0 Å². The van der Waals surface area contributed by atoms with E-state index >= 15 is 0 Å². The van der Waals surface area contributed by atoms with Crippen molar-refractivity contribution in [2.75, 3.05) is 0 Å². The zero-order chi connectivity index (χ0) is 14.8. The summed E-state index contributed by atoms with van der Waals surface area (Å²) >= 11 is 0. The summed E-state index contributed by atoms with van der Waals surface area (Å²) in [6.45, 7) is 1.80. The van der Waals surface area contributed by atoms with Crippen LogP contribution in [0.5, 0.6) is 11.6 Å². The van der Waals surface area contributed by atoms with Crippen LogP contribution in [0.4, 0.5) is 4.39 Å². The molecular formula is C16H14FN3O. The fourth-order valence-electron chi connectivity index (χ4n) is 2.52. The van der Waals surface area contributed by atoms with Crippen LogP contribution in [0.15, 0.2) is 18.2 Å². The Kier molecular flexibility index (Phi) is 3.53. The van der Waals surface area contributed by atoms with Crippen molar-refractivity contribution >= 4 is 0 Å². The summed E-state index contributed by atoms with van der Waals surface area (Å²) in [5, 5.41) is 8.76. The zero-order valence-corrected chi connectivity index (χ0v) is 11.7. The van der Waals surface area contributed by atoms with Crippen LogP contribution in [0.3, 0.4) is 0 Å². The first-order valence-electron chi connectivity index (χ1n) is 6.91. The second kappa shape index (κ2) is 5.49. The molecule has 0 atom stereocenters. The topological polar surface area (TPSA) is 58.8 Å². The summed E-state index contributed by atoms with van der Waals surface area (Å²) in [6.07, 6.45) is 3.92. The lowest BCUT2D eigenvalue weighted by molar-refractivity contribution is 0.415. The van der Waals surface area contributed by atoms with Gasteiger partial charge in [-0.15, -0.1) is 0 Å². The van der Waals surface area contributed by atoms with Crippen molar-refractivity contribution < 1.29 is 9.13 Å². The predicted octanol–water partition coefficient (Wildman–Crippen LogP) is 3.47. The number of fused-ring (bicyclic) bond motifs is 1. The second-order valence-electron chi connectivity index (χ2n) is 5.07. The van der Waals surface area contributed by atoms with Crippen molar-refractivity contribution in [3.63, 3.8) is 0 Å². The Bertz CT molecular complexity index is 737. The molecule has 0 spiro atoms. The van der Waals surface area contributed by atoms with Gasteiger partial charge in [-0.25, -0.2) is 9.37 Å². The summed E-state index contributed by atoms with van der Waals surface area (Å²) < 4.78 is 19.6. The number of nitriles is 1. The Labute approximate surface area is 122 Å². The number of rotatable bonds is 2. The molecule has 1 aromatic carbocycles. The Morgan fingerprint density at radius 3 is 2.81 bits per heavy atom. The minimum absolute atomic E-state index is 0.0832. The van der Waals surface area contributed by atoms with Gasteiger partial charge in [0, 0.05) is 5.56 Å². The number of nitrogens with zero attached hydrogens (tertiary/aromatic N) is 3. The van der Waals surface area contributed by atoms with E-state index in [1.165, 1.54) is 12.1 Å². The normalized spacial score (nSPS) is 13.4. The van der Waals surface area contributed by atoms with Gasteiger partial charge in [0.05, 0.1) is 17.3 Å². The van der Waals surface area contributed by atoms with Gasteiger partial charge in [0.1, 0.15) is 5.82 Å². The third-order valence-corrected chi connectivity index (χ3v) is 3.52. The molecular weight excluding hydrogens is 269 g/mol. The van der Waals surface area contributed by atoms with Crippen molar-refractivity contribution in [2.24, 2.45) is 0 Å². The van der Waals surface area contributed by atoms with Crippen molar-refractivity contribution in [1.29, 1.82) is 5.26 Å². The minimum atomic E-state index is -0.560. The van der Waals surface area contributed by atoms with Crippen molar-refractivity contribution in [3.8, 4) is 17.7 Å². The van der Waals surface area contributed by atoms with Crippen molar-refractivity contribution in [3.05, 3.63) is 46.7 Å². The monoisotopic (exact) mass is 283 g/mol. The summed E-state index contributed by atoms with van der Waals surface area (Å²) in [7, 11) is 0. The first-order chi connectivity index (χ1) is 10.2. The highest BCUT2D eigenvalue weighted by molar-refractivity contribution is 5.40. The molecule has 21 heavy (non-hydrogen) atoms. The van der Waals surface area contributed by atoms with Gasteiger partial charge in [0.25, 0.3) is 0 Å². The Morgan fingerprint density at radius 2 is 2.05 bits per heavy atom. The molecule has 5 heteroatoms. The van der Waals surface area contributed by atoms with E-state index in [1.54, 1.807) is 6.92 Å². The van der Waals surface area contributed by atoms with Crippen LogP contribution in [-0.2, 0) is 12.8 Å². The SMILES string of the molecule is Cc1nc2c(c(Oc3ccc(C#N)cc3F)n1)CCCC2. The van der Waals surface area contributed by atoms with Crippen molar-refractivity contribution in [2.45, 2.75) is 32.6 Å². The molecule has 0 saturated heterocycles. The number of hydrogen-bond acceptors (Lipinski definition) is 4. The van der Waals surface area contributed by atoms with Crippen molar-refractivity contribution in [1.82, 2.24) is 9.97 Å². The van der Waals surface area contributed by atoms with Gasteiger partial charge in [-0.2, -0.15) is 10.2 Å². The molecule has 0 bridgehead atoms. The highest BCUT2D eigenvalue weighted by atomic mass is 19.1. The molecule has 0 N–H and O–H groups in total.